The normalized spacial score (nSPS) is 34.0. The molecule has 2 fully saturated rings. The first-order chi connectivity index (χ1) is 15.5. The summed E-state index contributed by atoms with van der Waals surface area (Å²) in [5.41, 5.74) is 0. The van der Waals surface area contributed by atoms with Crippen LogP contribution in [0.5, 0.6) is 0 Å². The van der Waals surface area contributed by atoms with E-state index < -0.39 is 22.6 Å². The fraction of sp³-hybridized carbons (Fsp3) is 0.708. The Labute approximate surface area is 194 Å². The van der Waals surface area contributed by atoms with Crippen LogP contribution in [-0.4, -0.2) is 92.9 Å². The quantitative estimate of drug-likeness (QED) is 0.439. The number of hydrogen-bond acceptors (Lipinski definition) is 5. The predicted molar refractivity (Wildman–Crippen MR) is 125 cm³/mol. The molecule has 0 aromatic rings. The van der Waals surface area contributed by atoms with Gasteiger partial charge >= 0.3 is 0 Å². The molecule has 32 heavy (non-hydrogen) atoms. The molecule has 0 aromatic carbocycles. The van der Waals surface area contributed by atoms with Gasteiger partial charge in [-0.3, -0.25) is 14.4 Å². The molecule has 4 aliphatic heterocycles. The molecule has 4 rings (SSSR count). The monoisotopic (exact) mass is 461 g/mol. The van der Waals surface area contributed by atoms with E-state index in [1.54, 1.807) is 16.7 Å². The van der Waals surface area contributed by atoms with Crippen molar-refractivity contribution in [3.05, 3.63) is 24.3 Å². The summed E-state index contributed by atoms with van der Waals surface area (Å²) in [6, 6.07) is -0.676. The summed E-state index contributed by atoms with van der Waals surface area (Å²) in [5, 5.41) is 9.58. The third-order valence-electron chi connectivity index (χ3n) is 7.19. The van der Waals surface area contributed by atoms with Crippen LogP contribution in [0.4, 0.5) is 0 Å². The van der Waals surface area contributed by atoms with Crippen molar-refractivity contribution in [1.29, 1.82) is 0 Å². The Bertz CT molecular complexity index is 815. The fourth-order valence-corrected chi connectivity index (χ4v) is 7.82. The third kappa shape index (κ3) is 3.69. The summed E-state index contributed by atoms with van der Waals surface area (Å²) in [5.74, 6) is -1.27. The number of nitrogens with zero attached hydrogens (tertiary/aromatic N) is 3. The Morgan fingerprint density at radius 1 is 0.969 bits per heavy atom. The van der Waals surface area contributed by atoms with Gasteiger partial charge < -0.3 is 19.8 Å². The highest BCUT2D eigenvalue weighted by molar-refractivity contribution is 8.02. The molecule has 0 aliphatic carbocycles. The van der Waals surface area contributed by atoms with Crippen molar-refractivity contribution < 1.29 is 19.5 Å². The standard InChI is InChI=1S/C24H35N3O4S/c1-3-5-6-12-26-14-8-10-24-19(22(30)27(15-16-28)20(24)23(26)31)18-17(32-24)9-7-13-25(11-4-2)21(18)29/h7-10,17-20,28H,3-6,11-16H2,1-2H3/t17-,18+,19-,20?,24-/m0/s1. The number of thioether (sulfide) groups is 1. The second-order valence-corrected chi connectivity index (χ2v) is 10.7. The minimum atomic E-state index is -0.770. The number of unbranched alkanes of at least 4 members (excludes halogenated alkanes) is 2. The number of β-amino-alcohol motifs (C(OH)–C–C–N with tert-alkyl or cyclic N) is 1. The van der Waals surface area contributed by atoms with Crippen LogP contribution in [0.1, 0.15) is 39.5 Å². The first-order valence-corrected chi connectivity index (χ1v) is 12.9. The zero-order valence-electron chi connectivity index (χ0n) is 19.1. The van der Waals surface area contributed by atoms with E-state index in [0.717, 1.165) is 25.7 Å². The van der Waals surface area contributed by atoms with Crippen LogP contribution in [0.2, 0.25) is 0 Å². The van der Waals surface area contributed by atoms with Crippen molar-refractivity contribution in [2.45, 2.75) is 55.6 Å². The van der Waals surface area contributed by atoms with Gasteiger partial charge in [-0.25, -0.2) is 0 Å². The van der Waals surface area contributed by atoms with Gasteiger partial charge in [0, 0.05) is 38.0 Å². The molecule has 7 nitrogen and oxygen atoms in total. The minimum Gasteiger partial charge on any atom is -0.395 e. The molecular weight excluding hydrogens is 426 g/mol. The number of amides is 3. The lowest BCUT2D eigenvalue weighted by molar-refractivity contribution is -0.144. The zero-order valence-corrected chi connectivity index (χ0v) is 19.9. The Kier molecular flexibility index (Phi) is 7.00. The molecule has 4 aliphatic rings. The van der Waals surface area contributed by atoms with Crippen LogP contribution in [0.25, 0.3) is 0 Å². The Balaban J connectivity index is 1.73. The highest BCUT2D eigenvalue weighted by Gasteiger charge is 2.70. The lowest BCUT2D eigenvalue weighted by Gasteiger charge is -2.35. The molecule has 1 N–H and O–H groups in total. The predicted octanol–water partition coefficient (Wildman–Crippen LogP) is 1.67. The van der Waals surface area contributed by atoms with Crippen molar-refractivity contribution in [1.82, 2.24) is 14.7 Å². The summed E-state index contributed by atoms with van der Waals surface area (Å²) in [7, 11) is 0. The highest BCUT2D eigenvalue weighted by atomic mass is 32.2. The first kappa shape index (κ1) is 23.4. The Morgan fingerprint density at radius 3 is 2.44 bits per heavy atom. The Hall–Kier alpha value is -1.80. The average Bonchev–Trinajstić information content (AvgIpc) is 3.09. The maximum atomic E-state index is 13.8. The Morgan fingerprint density at radius 2 is 1.72 bits per heavy atom. The lowest BCUT2D eigenvalue weighted by Crippen LogP contribution is -2.53. The molecule has 1 unspecified atom stereocenters. The molecule has 3 amide bonds. The summed E-state index contributed by atoms with van der Waals surface area (Å²) in [4.78, 5) is 46.4. The van der Waals surface area contributed by atoms with E-state index in [9.17, 15) is 19.5 Å². The first-order valence-electron chi connectivity index (χ1n) is 12.0. The summed E-state index contributed by atoms with van der Waals surface area (Å²) in [6.07, 6.45) is 12.1. The van der Waals surface area contributed by atoms with Gasteiger partial charge in [0.2, 0.25) is 17.7 Å². The molecule has 4 heterocycles. The fourth-order valence-electron chi connectivity index (χ4n) is 5.81. The van der Waals surface area contributed by atoms with E-state index in [4.69, 9.17) is 0 Å². The molecule has 8 heteroatoms. The smallest absolute Gasteiger partial charge is 0.247 e. The zero-order chi connectivity index (χ0) is 22.9. The van der Waals surface area contributed by atoms with E-state index in [0.29, 0.717) is 26.2 Å². The van der Waals surface area contributed by atoms with Crippen molar-refractivity contribution in [2.75, 3.05) is 39.3 Å². The maximum absolute atomic E-state index is 13.8. The van der Waals surface area contributed by atoms with Gasteiger partial charge in [-0.2, -0.15) is 0 Å². The molecule has 0 saturated carbocycles. The van der Waals surface area contributed by atoms with E-state index in [-0.39, 0.29) is 36.1 Å². The molecular formula is C24H35N3O4S. The van der Waals surface area contributed by atoms with E-state index >= 15 is 0 Å². The molecule has 2 saturated heterocycles. The number of fused-ring (bicyclic) bond motifs is 2. The second kappa shape index (κ2) is 9.59. The summed E-state index contributed by atoms with van der Waals surface area (Å²) >= 11 is 1.60. The van der Waals surface area contributed by atoms with Gasteiger partial charge in [0.1, 0.15) is 6.04 Å². The van der Waals surface area contributed by atoms with Gasteiger partial charge in [0.25, 0.3) is 0 Å². The number of aliphatic hydroxyl groups is 1. The van der Waals surface area contributed by atoms with E-state index in [2.05, 4.69) is 13.0 Å². The number of aliphatic hydroxyl groups excluding tert-OH is 1. The topological polar surface area (TPSA) is 81.2 Å². The summed E-state index contributed by atoms with van der Waals surface area (Å²) in [6.45, 7) is 6.51. The van der Waals surface area contributed by atoms with Gasteiger partial charge in [-0.15, -0.1) is 11.8 Å². The van der Waals surface area contributed by atoms with Gasteiger partial charge in [-0.1, -0.05) is 51.0 Å². The largest absolute Gasteiger partial charge is 0.395 e. The number of hydrogen-bond donors (Lipinski definition) is 1. The van der Waals surface area contributed by atoms with Crippen molar-refractivity contribution in [3.63, 3.8) is 0 Å². The van der Waals surface area contributed by atoms with Gasteiger partial charge in [-0.05, 0) is 12.8 Å². The van der Waals surface area contributed by atoms with Gasteiger partial charge in [0.05, 0.1) is 23.2 Å². The third-order valence-corrected chi connectivity index (χ3v) is 8.94. The van der Waals surface area contributed by atoms with Crippen LogP contribution >= 0.6 is 11.8 Å². The molecule has 176 valence electrons. The second-order valence-electron chi connectivity index (χ2n) is 9.20. The van der Waals surface area contributed by atoms with Crippen LogP contribution in [-0.2, 0) is 14.4 Å². The average molecular weight is 462 g/mol. The van der Waals surface area contributed by atoms with E-state index in [1.807, 2.05) is 35.0 Å². The molecule has 0 radical (unpaired) electrons. The van der Waals surface area contributed by atoms with E-state index in [1.165, 1.54) is 0 Å². The highest BCUT2D eigenvalue weighted by Crippen LogP contribution is 2.60. The van der Waals surface area contributed by atoms with Crippen LogP contribution in [0.3, 0.4) is 0 Å². The summed E-state index contributed by atoms with van der Waals surface area (Å²) < 4.78 is -0.770. The lowest BCUT2D eigenvalue weighted by atomic mass is 9.78. The molecule has 0 aromatic heterocycles. The van der Waals surface area contributed by atoms with Crippen molar-refractivity contribution in [2.24, 2.45) is 11.8 Å². The SMILES string of the molecule is CCCCCN1CC=C[C@]23S[C@H]4C=CCN(CCC)C(=O)[C@H]4[C@H]2C(=O)N(CCO)C3C1=O. The molecule has 5 atom stereocenters. The van der Waals surface area contributed by atoms with Crippen molar-refractivity contribution in [3.8, 4) is 0 Å². The van der Waals surface area contributed by atoms with Gasteiger partial charge in [0.15, 0.2) is 0 Å². The minimum absolute atomic E-state index is 0.0130. The number of carbonyl (C=O) groups excluding carboxylic acids is 3. The van der Waals surface area contributed by atoms with Crippen LogP contribution in [0, 0.1) is 11.8 Å². The maximum Gasteiger partial charge on any atom is 0.247 e. The number of carbonyl (C=O) groups is 3. The van der Waals surface area contributed by atoms with Crippen LogP contribution < -0.4 is 0 Å². The number of rotatable bonds is 8. The number of likely N-dealkylation sites (tertiary alicyclic amines) is 1. The molecule has 0 bridgehead atoms. The molecule has 1 spiro atoms. The van der Waals surface area contributed by atoms with Crippen LogP contribution in [0.15, 0.2) is 24.3 Å². The van der Waals surface area contributed by atoms with Crippen molar-refractivity contribution >= 4 is 29.5 Å².